The molecule has 5 aliphatic rings. The Hall–Kier alpha value is -4.06. The SMILES string of the molecule is CO[C@H]1C[C@H]2C=CC3C4C(O)[C@@H](C)[C@@H](OC(=O)C5=CC=CC5)[C@@H]3O[C@]42/C(C)=C/[C@@H](C)[C@@H]([C@@H](C)OC(=O)C(=O)OCc2ccccc2)OC1=O. The van der Waals surface area contributed by atoms with Gasteiger partial charge in [0.05, 0.1) is 6.10 Å². The Bertz CT molecular complexity index is 1580. The van der Waals surface area contributed by atoms with Crippen LogP contribution in [0, 0.1) is 29.6 Å². The van der Waals surface area contributed by atoms with E-state index in [9.17, 15) is 24.3 Å². The number of esters is 4. The van der Waals surface area contributed by atoms with Crippen molar-refractivity contribution in [3.05, 3.63) is 83.5 Å². The van der Waals surface area contributed by atoms with Crippen LogP contribution in [0.2, 0.25) is 0 Å². The predicted octanol–water partition coefficient (Wildman–Crippen LogP) is 3.94. The lowest BCUT2D eigenvalue weighted by Crippen LogP contribution is -2.57. The van der Waals surface area contributed by atoms with Crippen molar-refractivity contribution < 1.29 is 52.7 Å². The molecule has 11 heteroatoms. The summed E-state index contributed by atoms with van der Waals surface area (Å²) in [4.78, 5) is 52.0. The molecule has 1 saturated carbocycles. The molecule has 49 heavy (non-hydrogen) atoms. The van der Waals surface area contributed by atoms with E-state index in [1.165, 1.54) is 7.11 Å². The number of methoxy groups -OCH3 is 1. The molecule has 262 valence electrons. The zero-order valence-electron chi connectivity index (χ0n) is 28.4. The van der Waals surface area contributed by atoms with E-state index in [4.69, 9.17) is 28.4 Å². The molecule has 3 unspecified atom stereocenters. The van der Waals surface area contributed by atoms with Crippen LogP contribution in [0.1, 0.15) is 46.1 Å². The number of allylic oxidation sites excluding steroid dienone is 3. The summed E-state index contributed by atoms with van der Waals surface area (Å²) in [6, 6.07) is 8.93. The Morgan fingerprint density at radius 2 is 1.86 bits per heavy atom. The molecule has 1 saturated heterocycles. The third-order valence-corrected chi connectivity index (χ3v) is 10.8. The Labute approximate surface area is 285 Å². The first-order chi connectivity index (χ1) is 23.5. The van der Waals surface area contributed by atoms with Crippen LogP contribution in [0.25, 0.3) is 0 Å². The number of benzene rings is 1. The fourth-order valence-electron chi connectivity index (χ4n) is 8.35. The zero-order valence-corrected chi connectivity index (χ0v) is 28.4. The van der Waals surface area contributed by atoms with Crippen LogP contribution in [0.3, 0.4) is 0 Å². The standard InChI is InChI=1S/C38H44O11/c1-20-17-21(2)38-26(15-16-27-29(38)30(39)22(3)32(33(27)49-38)48-34(40)25-13-9-10-14-25)18-28(44-5)35(41)47-31(20)23(4)46-37(43)36(42)45-19-24-11-7-6-8-12-24/h6-13,15-17,20,22-23,26-33,39H,14,18-19H2,1-5H3/b21-17+/t20-,22-,23-,26-,27?,28+,29?,30?,31+,32-,33-,38+/m1/s1. The van der Waals surface area contributed by atoms with E-state index in [0.29, 0.717) is 17.6 Å². The molecule has 1 N–H and O–H groups in total. The topological polar surface area (TPSA) is 144 Å². The maximum absolute atomic E-state index is 13.6. The number of carbonyl (C=O) groups excluding carboxylic acids is 4. The number of aliphatic hydroxyl groups excluding tert-OH is 1. The van der Waals surface area contributed by atoms with Gasteiger partial charge in [0, 0.05) is 42.3 Å². The second-order valence-electron chi connectivity index (χ2n) is 13.8. The van der Waals surface area contributed by atoms with Crippen molar-refractivity contribution in [2.45, 2.75) is 89.4 Å². The normalized spacial score (nSPS) is 37.9. The van der Waals surface area contributed by atoms with Crippen LogP contribution >= 0.6 is 0 Å². The van der Waals surface area contributed by atoms with E-state index in [2.05, 4.69) is 0 Å². The molecule has 1 spiro atoms. The van der Waals surface area contributed by atoms with Gasteiger partial charge < -0.3 is 33.5 Å². The maximum atomic E-state index is 13.6. The third-order valence-electron chi connectivity index (χ3n) is 10.8. The Morgan fingerprint density at radius 3 is 2.55 bits per heavy atom. The average Bonchev–Trinajstić information content (AvgIpc) is 3.70. The summed E-state index contributed by atoms with van der Waals surface area (Å²) in [5.41, 5.74) is 1.00. The van der Waals surface area contributed by atoms with Gasteiger partial charge in [-0.1, -0.05) is 80.6 Å². The van der Waals surface area contributed by atoms with E-state index in [1.807, 2.05) is 57.2 Å². The monoisotopic (exact) mass is 676 g/mol. The zero-order chi connectivity index (χ0) is 35.0. The first-order valence-electron chi connectivity index (χ1n) is 16.9. The van der Waals surface area contributed by atoms with Gasteiger partial charge in [0.15, 0.2) is 6.10 Å². The highest BCUT2D eigenvalue weighted by atomic mass is 16.6. The van der Waals surface area contributed by atoms with E-state index in [1.54, 1.807) is 37.3 Å². The molecule has 2 aliphatic heterocycles. The maximum Gasteiger partial charge on any atom is 0.417 e. The third kappa shape index (κ3) is 6.39. The second kappa shape index (κ2) is 14.0. The minimum absolute atomic E-state index is 0.101. The molecule has 0 aromatic heterocycles. The second-order valence-corrected chi connectivity index (χ2v) is 13.8. The molecule has 0 amide bonds. The summed E-state index contributed by atoms with van der Waals surface area (Å²) in [5, 5.41) is 11.9. The fraction of sp³-hybridized carbons (Fsp3) is 0.526. The Morgan fingerprint density at radius 1 is 1.10 bits per heavy atom. The number of rotatable bonds is 7. The highest BCUT2D eigenvalue weighted by Crippen LogP contribution is 2.61. The van der Waals surface area contributed by atoms with Crippen LogP contribution in [0.4, 0.5) is 0 Å². The molecule has 2 fully saturated rings. The summed E-state index contributed by atoms with van der Waals surface area (Å²) in [5.74, 6) is -5.44. The predicted molar refractivity (Wildman–Crippen MR) is 174 cm³/mol. The van der Waals surface area contributed by atoms with Crippen molar-refractivity contribution >= 4 is 23.9 Å². The summed E-state index contributed by atoms with van der Waals surface area (Å²) in [6.45, 7) is 7.06. The van der Waals surface area contributed by atoms with Crippen molar-refractivity contribution in [3.8, 4) is 0 Å². The highest BCUT2D eigenvalue weighted by Gasteiger charge is 2.69. The largest absolute Gasteiger partial charge is 0.456 e. The lowest BCUT2D eigenvalue weighted by atomic mass is 9.57. The van der Waals surface area contributed by atoms with E-state index in [-0.39, 0.29) is 24.9 Å². The van der Waals surface area contributed by atoms with E-state index < -0.39 is 83.9 Å². The average molecular weight is 677 g/mol. The first-order valence-corrected chi connectivity index (χ1v) is 16.9. The van der Waals surface area contributed by atoms with Gasteiger partial charge in [-0.2, -0.15) is 0 Å². The Balaban J connectivity index is 1.27. The van der Waals surface area contributed by atoms with Crippen LogP contribution in [-0.2, 0) is 54.2 Å². The molecular weight excluding hydrogens is 632 g/mol. The van der Waals surface area contributed by atoms with Crippen LogP contribution in [0.15, 0.2) is 77.9 Å². The summed E-state index contributed by atoms with van der Waals surface area (Å²) >= 11 is 0. The molecule has 2 heterocycles. The highest BCUT2D eigenvalue weighted by molar-refractivity contribution is 6.29. The van der Waals surface area contributed by atoms with Crippen molar-refractivity contribution in [2.75, 3.05) is 7.11 Å². The quantitative estimate of drug-likeness (QED) is 0.194. The smallest absolute Gasteiger partial charge is 0.417 e. The number of aliphatic hydroxyl groups is 1. The minimum atomic E-state index is -1.21. The summed E-state index contributed by atoms with van der Waals surface area (Å²) in [6.07, 6.45) is 6.86. The molecule has 0 radical (unpaired) electrons. The molecular formula is C38H44O11. The molecule has 1 aromatic rings. The molecule has 4 bridgehead atoms. The van der Waals surface area contributed by atoms with Crippen LogP contribution < -0.4 is 0 Å². The number of hydrogen-bond acceptors (Lipinski definition) is 11. The van der Waals surface area contributed by atoms with Crippen molar-refractivity contribution in [2.24, 2.45) is 29.6 Å². The first kappa shape index (κ1) is 34.8. The van der Waals surface area contributed by atoms with Gasteiger partial charge in [-0.3, -0.25) is 0 Å². The lowest BCUT2D eigenvalue weighted by Gasteiger charge is -2.49. The van der Waals surface area contributed by atoms with Crippen molar-refractivity contribution in [3.63, 3.8) is 0 Å². The number of hydrogen-bond donors (Lipinski definition) is 1. The van der Waals surface area contributed by atoms with Crippen molar-refractivity contribution in [1.82, 2.24) is 0 Å². The molecule has 12 atom stereocenters. The van der Waals surface area contributed by atoms with Crippen molar-refractivity contribution in [1.29, 1.82) is 0 Å². The van der Waals surface area contributed by atoms with E-state index in [0.717, 1.165) is 5.57 Å². The van der Waals surface area contributed by atoms with Crippen LogP contribution in [-0.4, -0.2) is 78.3 Å². The van der Waals surface area contributed by atoms with E-state index >= 15 is 0 Å². The van der Waals surface area contributed by atoms with Gasteiger partial charge in [0.2, 0.25) is 0 Å². The van der Waals surface area contributed by atoms with Crippen LogP contribution in [0.5, 0.6) is 0 Å². The van der Waals surface area contributed by atoms with Gasteiger partial charge in [-0.25, -0.2) is 19.2 Å². The van der Waals surface area contributed by atoms with Gasteiger partial charge >= 0.3 is 23.9 Å². The lowest BCUT2D eigenvalue weighted by molar-refractivity contribution is -0.184. The Kier molecular flexibility index (Phi) is 9.97. The summed E-state index contributed by atoms with van der Waals surface area (Å²) < 4.78 is 35.3. The number of carbonyl (C=O) groups is 4. The molecule has 11 nitrogen and oxygen atoms in total. The van der Waals surface area contributed by atoms with Gasteiger partial charge in [-0.05, 0) is 37.8 Å². The van der Waals surface area contributed by atoms with Gasteiger partial charge in [0.1, 0.15) is 36.6 Å². The summed E-state index contributed by atoms with van der Waals surface area (Å²) in [7, 11) is 1.42. The van der Waals surface area contributed by atoms with Gasteiger partial charge in [0.25, 0.3) is 0 Å². The minimum Gasteiger partial charge on any atom is -0.456 e. The molecule has 6 rings (SSSR count). The molecule has 1 aromatic carbocycles. The van der Waals surface area contributed by atoms with Gasteiger partial charge in [-0.15, -0.1) is 0 Å². The number of ether oxygens (including phenoxy) is 6. The fourth-order valence-corrected chi connectivity index (χ4v) is 8.35. The molecule has 3 aliphatic carbocycles. The number of cyclic esters (lactones) is 1.